The van der Waals surface area contributed by atoms with Gasteiger partial charge in [-0.25, -0.2) is 0 Å². The number of aliphatic hydroxyl groups is 1. The maximum absolute atomic E-state index is 9.71. The lowest BCUT2D eigenvalue weighted by Gasteiger charge is -2.36. The Hall–Kier alpha value is -1.25. The standard InChI is InChI=1S/C17H22ClNO/c1-13-6-4-3-5-7-14(2)19(11-10-13)15-8-9-17(20)16(18)12-15/h3-6,12,15,17,20H,1-2,7-11H2/b5-3-,6-4-/t15?,17-/m1/s1. The molecule has 1 N–H and O–H groups in total. The summed E-state index contributed by atoms with van der Waals surface area (Å²) in [5.41, 5.74) is 2.20. The average molecular weight is 292 g/mol. The molecule has 1 aliphatic heterocycles. The number of hydrogen-bond acceptors (Lipinski definition) is 2. The Bertz CT molecular complexity index is 475. The molecule has 0 aromatic heterocycles. The van der Waals surface area contributed by atoms with Gasteiger partial charge in [0.05, 0.1) is 6.10 Å². The van der Waals surface area contributed by atoms with Crippen molar-refractivity contribution in [3.63, 3.8) is 0 Å². The fraction of sp³-hybridized carbons (Fsp3) is 0.412. The SMILES string of the molecule is C=C1/C=C\C=C/CC(=C)N(C2C=C(Cl)[C@H](O)CC2)CC1. The van der Waals surface area contributed by atoms with E-state index in [9.17, 15) is 5.11 Å². The van der Waals surface area contributed by atoms with Crippen LogP contribution in [0.4, 0.5) is 0 Å². The molecular formula is C17H22ClNO. The summed E-state index contributed by atoms with van der Waals surface area (Å²) in [7, 11) is 0. The molecule has 0 aromatic rings. The maximum Gasteiger partial charge on any atom is 0.0894 e. The second kappa shape index (κ2) is 6.96. The molecule has 0 fully saturated rings. The van der Waals surface area contributed by atoms with E-state index in [0.29, 0.717) is 11.5 Å². The topological polar surface area (TPSA) is 23.5 Å². The third-order valence-electron chi connectivity index (χ3n) is 3.82. The summed E-state index contributed by atoms with van der Waals surface area (Å²) in [6.45, 7) is 9.15. The summed E-state index contributed by atoms with van der Waals surface area (Å²) in [6.07, 6.45) is 13.0. The van der Waals surface area contributed by atoms with Crippen LogP contribution in [-0.2, 0) is 0 Å². The highest BCUT2D eigenvalue weighted by atomic mass is 35.5. The molecule has 2 nitrogen and oxygen atoms in total. The van der Waals surface area contributed by atoms with Crippen LogP contribution in [-0.4, -0.2) is 28.7 Å². The molecular weight excluding hydrogens is 270 g/mol. The van der Waals surface area contributed by atoms with Crippen LogP contribution in [0.15, 0.2) is 59.8 Å². The van der Waals surface area contributed by atoms with E-state index in [2.05, 4.69) is 30.2 Å². The molecule has 2 atom stereocenters. The number of aliphatic hydroxyl groups excluding tert-OH is 1. The molecule has 1 heterocycles. The van der Waals surface area contributed by atoms with E-state index in [1.165, 1.54) is 0 Å². The number of rotatable bonds is 1. The molecule has 2 aliphatic rings. The second-order valence-electron chi connectivity index (χ2n) is 5.37. The molecule has 108 valence electrons. The van der Waals surface area contributed by atoms with Crippen LogP contribution in [0, 0.1) is 0 Å². The number of allylic oxidation sites excluding steroid dienone is 4. The van der Waals surface area contributed by atoms with Gasteiger partial charge >= 0.3 is 0 Å². The molecule has 20 heavy (non-hydrogen) atoms. The largest absolute Gasteiger partial charge is 0.388 e. The van der Waals surface area contributed by atoms with Gasteiger partial charge in [0.2, 0.25) is 0 Å². The zero-order valence-corrected chi connectivity index (χ0v) is 12.5. The van der Waals surface area contributed by atoms with Crippen LogP contribution < -0.4 is 0 Å². The summed E-state index contributed by atoms with van der Waals surface area (Å²) < 4.78 is 0. The lowest BCUT2D eigenvalue weighted by atomic mass is 9.97. The van der Waals surface area contributed by atoms with Crippen molar-refractivity contribution < 1.29 is 5.11 Å². The predicted molar refractivity (Wildman–Crippen MR) is 85.5 cm³/mol. The van der Waals surface area contributed by atoms with Crippen molar-refractivity contribution in [3.8, 4) is 0 Å². The van der Waals surface area contributed by atoms with Crippen LogP contribution in [0.25, 0.3) is 0 Å². The Labute approximate surface area is 126 Å². The first-order valence-corrected chi connectivity index (χ1v) is 7.46. The van der Waals surface area contributed by atoms with Crippen molar-refractivity contribution in [2.24, 2.45) is 0 Å². The minimum Gasteiger partial charge on any atom is -0.388 e. The molecule has 0 saturated carbocycles. The van der Waals surface area contributed by atoms with Crippen LogP contribution in [0.1, 0.15) is 25.7 Å². The predicted octanol–water partition coefficient (Wildman–Crippen LogP) is 3.91. The van der Waals surface area contributed by atoms with Gasteiger partial charge in [0.1, 0.15) is 0 Å². The van der Waals surface area contributed by atoms with Crippen LogP contribution >= 0.6 is 11.6 Å². The molecule has 0 spiro atoms. The van der Waals surface area contributed by atoms with Crippen molar-refractivity contribution in [2.75, 3.05) is 6.54 Å². The van der Waals surface area contributed by atoms with Gasteiger partial charge in [-0.05, 0) is 25.3 Å². The zero-order chi connectivity index (χ0) is 14.5. The van der Waals surface area contributed by atoms with Crippen molar-refractivity contribution in [2.45, 2.75) is 37.8 Å². The molecule has 0 amide bonds. The first kappa shape index (κ1) is 15.1. The van der Waals surface area contributed by atoms with Crippen molar-refractivity contribution in [1.82, 2.24) is 4.90 Å². The Morgan fingerprint density at radius 1 is 1.25 bits per heavy atom. The number of hydrogen-bond donors (Lipinski definition) is 1. The number of nitrogens with zero attached hydrogens (tertiary/aromatic N) is 1. The van der Waals surface area contributed by atoms with Gasteiger partial charge < -0.3 is 10.0 Å². The van der Waals surface area contributed by atoms with E-state index >= 15 is 0 Å². The molecule has 0 radical (unpaired) electrons. The highest BCUT2D eigenvalue weighted by Crippen LogP contribution is 2.28. The Morgan fingerprint density at radius 3 is 2.80 bits per heavy atom. The van der Waals surface area contributed by atoms with Gasteiger partial charge in [0.15, 0.2) is 0 Å². The van der Waals surface area contributed by atoms with E-state index in [1.807, 2.05) is 18.2 Å². The second-order valence-corrected chi connectivity index (χ2v) is 5.81. The first-order chi connectivity index (χ1) is 9.58. The average Bonchev–Trinajstić information content (AvgIpc) is 2.42. The lowest BCUT2D eigenvalue weighted by molar-refractivity contribution is 0.171. The van der Waals surface area contributed by atoms with Gasteiger partial charge in [-0.2, -0.15) is 0 Å². The third kappa shape index (κ3) is 3.87. The van der Waals surface area contributed by atoms with E-state index in [0.717, 1.165) is 37.1 Å². The highest BCUT2D eigenvalue weighted by molar-refractivity contribution is 6.30. The summed E-state index contributed by atoms with van der Waals surface area (Å²) in [5.74, 6) is 0. The zero-order valence-electron chi connectivity index (χ0n) is 11.8. The molecule has 0 bridgehead atoms. The summed E-state index contributed by atoms with van der Waals surface area (Å²) in [5, 5.41) is 10.3. The molecule has 1 aliphatic carbocycles. The van der Waals surface area contributed by atoms with Gasteiger partial charge in [0.25, 0.3) is 0 Å². The van der Waals surface area contributed by atoms with E-state index < -0.39 is 6.10 Å². The van der Waals surface area contributed by atoms with Crippen LogP contribution in [0.3, 0.4) is 0 Å². The van der Waals surface area contributed by atoms with Gasteiger partial charge in [0, 0.05) is 29.7 Å². The number of halogens is 1. The Balaban J connectivity index is 2.15. The van der Waals surface area contributed by atoms with Crippen molar-refractivity contribution >= 4 is 11.6 Å². The van der Waals surface area contributed by atoms with E-state index in [-0.39, 0.29) is 6.04 Å². The van der Waals surface area contributed by atoms with Crippen molar-refractivity contribution in [3.05, 3.63) is 59.8 Å². The minimum atomic E-state index is -0.500. The summed E-state index contributed by atoms with van der Waals surface area (Å²) >= 11 is 6.10. The Morgan fingerprint density at radius 2 is 2.05 bits per heavy atom. The summed E-state index contributed by atoms with van der Waals surface area (Å²) in [6, 6.07) is 0.225. The minimum absolute atomic E-state index is 0.225. The Kier molecular flexibility index (Phi) is 5.27. The lowest BCUT2D eigenvalue weighted by Crippen LogP contribution is -2.37. The third-order valence-corrected chi connectivity index (χ3v) is 4.20. The molecule has 3 heteroatoms. The highest BCUT2D eigenvalue weighted by Gasteiger charge is 2.25. The monoisotopic (exact) mass is 291 g/mol. The van der Waals surface area contributed by atoms with Gasteiger partial charge in [-0.15, -0.1) is 0 Å². The van der Waals surface area contributed by atoms with Gasteiger partial charge in [-0.1, -0.05) is 54.6 Å². The fourth-order valence-electron chi connectivity index (χ4n) is 2.59. The van der Waals surface area contributed by atoms with E-state index in [1.54, 1.807) is 0 Å². The fourth-order valence-corrected chi connectivity index (χ4v) is 2.84. The van der Waals surface area contributed by atoms with Gasteiger partial charge in [-0.3, -0.25) is 0 Å². The van der Waals surface area contributed by atoms with E-state index in [4.69, 9.17) is 11.6 Å². The summed E-state index contributed by atoms with van der Waals surface area (Å²) in [4.78, 5) is 2.29. The first-order valence-electron chi connectivity index (χ1n) is 7.08. The molecule has 2 rings (SSSR count). The molecule has 0 saturated heterocycles. The molecule has 0 aromatic carbocycles. The van der Waals surface area contributed by atoms with Crippen LogP contribution in [0.5, 0.6) is 0 Å². The van der Waals surface area contributed by atoms with Crippen LogP contribution in [0.2, 0.25) is 0 Å². The quantitative estimate of drug-likeness (QED) is 0.792. The molecule has 1 unspecified atom stereocenters. The maximum atomic E-state index is 9.71. The van der Waals surface area contributed by atoms with Crippen molar-refractivity contribution in [1.29, 1.82) is 0 Å². The normalized spacial score (nSPS) is 31.7. The smallest absolute Gasteiger partial charge is 0.0894 e.